The molecule has 6 heteroatoms. The summed E-state index contributed by atoms with van der Waals surface area (Å²) in [6.07, 6.45) is 2.03. The van der Waals surface area contributed by atoms with Gasteiger partial charge in [-0.3, -0.25) is 0 Å². The molecule has 3 aromatic rings. The first-order valence-corrected chi connectivity index (χ1v) is 8.11. The molecule has 3 N–H and O–H groups in total. The summed E-state index contributed by atoms with van der Waals surface area (Å²) < 4.78 is 0. The first-order valence-electron chi connectivity index (χ1n) is 8.11. The molecule has 1 saturated heterocycles. The molecule has 6 nitrogen and oxygen atoms in total. The van der Waals surface area contributed by atoms with Gasteiger partial charge < -0.3 is 15.6 Å². The van der Waals surface area contributed by atoms with E-state index < -0.39 is 0 Å². The fourth-order valence-corrected chi connectivity index (χ4v) is 3.28. The smallest absolute Gasteiger partial charge is 0.143 e. The maximum Gasteiger partial charge on any atom is 0.143 e. The van der Waals surface area contributed by atoms with Crippen LogP contribution in [0.1, 0.15) is 30.1 Å². The summed E-state index contributed by atoms with van der Waals surface area (Å²) in [5, 5.41) is 8.95. The van der Waals surface area contributed by atoms with Crippen LogP contribution in [-0.4, -0.2) is 28.0 Å². The lowest BCUT2D eigenvalue weighted by Crippen LogP contribution is -2.33. The van der Waals surface area contributed by atoms with Crippen LogP contribution >= 0.6 is 0 Å². The van der Waals surface area contributed by atoms with Gasteiger partial charge in [0.15, 0.2) is 0 Å². The molecule has 1 fully saturated rings. The highest BCUT2D eigenvalue weighted by atomic mass is 15.2. The van der Waals surface area contributed by atoms with Crippen molar-refractivity contribution in [2.45, 2.75) is 18.8 Å². The van der Waals surface area contributed by atoms with Crippen LogP contribution in [0, 0.1) is 11.3 Å². The van der Waals surface area contributed by atoms with Crippen LogP contribution in [0.2, 0.25) is 0 Å². The molecule has 0 spiro atoms. The minimum atomic E-state index is 0.300. The van der Waals surface area contributed by atoms with E-state index in [1.165, 1.54) is 0 Å². The Bertz CT molecular complexity index is 882. The van der Waals surface area contributed by atoms with E-state index in [-0.39, 0.29) is 0 Å². The van der Waals surface area contributed by atoms with E-state index in [0.717, 1.165) is 48.6 Å². The van der Waals surface area contributed by atoms with Crippen LogP contribution < -0.4 is 10.6 Å². The molecule has 2 aromatic heterocycles. The lowest BCUT2D eigenvalue weighted by molar-refractivity contribution is 0.487. The van der Waals surface area contributed by atoms with Crippen molar-refractivity contribution in [3.8, 4) is 6.07 Å². The largest absolute Gasteiger partial charge is 0.383 e. The van der Waals surface area contributed by atoms with E-state index in [2.05, 4.69) is 20.9 Å². The van der Waals surface area contributed by atoms with Crippen molar-refractivity contribution in [2.75, 3.05) is 23.7 Å². The molecular formula is C18H18N6. The second kappa shape index (κ2) is 5.85. The van der Waals surface area contributed by atoms with Gasteiger partial charge in [0, 0.05) is 19.0 Å². The molecule has 0 aliphatic carbocycles. The SMILES string of the molecule is N#Cc1ccc(N2CCC(c3nc4ccccc4[nH]3)CC2)nc1N. The van der Waals surface area contributed by atoms with Gasteiger partial charge in [-0.05, 0) is 37.1 Å². The zero-order chi connectivity index (χ0) is 16.5. The maximum atomic E-state index is 8.95. The molecule has 1 aliphatic rings. The van der Waals surface area contributed by atoms with Crippen LogP contribution in [-0.2, 0) is 0 Å². The number of hydrogen-bond donors (Lipinski definition) is 2. The second-order valence-electron chi connectivity index (χ2n) is 6.11. The number of nitrogens with one attached hydrogen (secondary N) is 1. The van der Waals surface area contributed by atoms with Crippen molar-refractivity contribution < 1.29 is 0 Å². The van der Waals surface area contributed by atoms with Gasteiger partial charge in [-0.25, -0.2) is 9.97 Å². The summed E-state index contributed by atoms with van der Waals surface area (Å²) in [5.41, 5.74) is 8.37. The molecule has 0 amide bonds. The number of piperidine rings is 1. The Balaban J connectivity index is 1.48. The Hall–Kier alpha value is -3.07. The lowest BCUT2D eigenvalue weighted by Gasteiger charge is -2.32. The topological polar surface area (TPSA) is 94.6 Å². The van der Waals surface area contributed by atoms with Crippen LogP contribution in [0.4, 0.5) is 11.6 Å². The highest BCUT2D eigenvalue weighted by Gasteiger charge is 2.24. The number of fused-ring (bicyclic) bond motifs is 1. The van der Waals surface area contributed by atoms with Crippen LogP contribution in [0.15, 0.2) is 36.4 Å². The van der Waals surface area contributed by atoms with Gasteiger partial charge in [0.2, 0.25) is 0 Å². The predicted molar refractivity (Wildman–Crippen MR) is 93.6 cm³/mol. The van der Waals surface area contributed by atoms with Gasteiger partial charge >= 0.3 is 0 Å². The number of nitrogens with two attached hydrogens (primary N) is 1. The first kappa shape index (κ1) is 14.5. The molecule has 0 saturated carbocycles. The number of aromatic nitrogens is 3. The molecule has 0 atom stereocenters. The van der Waals surface area contributed by atoms with E-state index in [9.17, 15) is 0 Å². The monoisotopic (exact) mass is 318 g/mol. The fraction of sp³-hybridized carbons (Fsp3) is 0.278. The number of hydrogen-bond acceptors (Lipinski definition) is 5. The molecule has 0 radical (unpaired) electrons. The third kappa shape index (κ3) is 2.54. The van der Waals surface area contributed by atoms with Crippen LogP contribution in [0.5, 0.6) is 0 Å². The Morgan fingerprint density at radius 2 is 1.92 bits per heavy atom. The Kier molecular flexibility index (Phi) is 3.54. The Labute approximate surface area is 139 Å². The minimum absolute atomic E-state index is 0.300. The van der Waals surface area contributed by atoms with E-state index in [4.69, 9.17) is 16.0 Å². The molecule has 1 aromatic carbocycles. The summed E-state index contributed by atoms with van der Waals surface area (Å²) in [6, 6.07) is 13.8. The maximum absolute atomic E-state index is 8.95. The van der Waals surface area contributed by atoms with Gasteiger partial charge in [0.1, 0.15) is 23.5 Å². The van der Waals surface area contributed by atoms with Gasteiger partial charge in [0.05, 0.1) is 16.6 Å². The van der Waals surface area contributed by atoms with Gasteiger partial charge in [-0.2, -0.15) is 5.26 Å². The number of benzene rings is 1. The van der Waals surface area contributed by atoms with Crippen molar-refractivity contribution in [3.63, 3.8) is 0 Å². The number of nitrogen functional groups attached to an aromatic ring is 1. The highest BCUT2D eigenvalue weighted by molar-refractivity contribution is 5.74. The molecule has 1 aliphatic heterocycles. The quantitative estimate of drug-likeness (QED) is 0.757. The number of pyridine rings is 1. The summed E-state index contributed by atoms with van der Waals surface area (Å²) in [7, 11) is 0. The number of para-hydroxylation sites is 2. The molecule has 120 valence electrons. The number of H-pyrrole nitrogens is 1. The van der Waals surface area contributed by atoms with Gasteiger partial charge in [-0.15, -0.1) is 0 Å². The number of anilines is 2. The number of imidazole rings is 1. The number of rotatable bonds is 2. The van der Waals surface area contributed by atoms with Crippen molar-refractivity contribution in [1.29, 1.82) is 5.26 Å². The number of aromatic amines is 1. The molecule has 0 unspecified atom stereocenters. The average Bonchev–Trinajstić information content (AvgIpc) is 3.06. The number of nitriles is 1. The first-order chi connectivity index (χ1) is 11.7. The van der Waals surface area contributed by atoms with E-state index in [1.54, 1.807) is 6.07 Å². The van der Waals surface area contributed by atoms with E-state index >= 15 is 0 Å². The molecular weight excluding hydrogens is 300 g/mol. The fourth-order valence-electron chi connectivity index (χ4n) is 3.28. The minimum Gasteiger partial charge on any atom is -0.383 e. The van der Waals surface area contributed by atoms with Gasteiger partial charge in [-0.1, -0.05) is 12.1 Å². The predicted octanol–water partition coefficient (Wildman–Crippen LogP) is 2.80. The summed E-state index contributed by atoms with van der Waals surface area (Å²) >= 11 is 0. The normalized spacial score (nSPS) is 15.5. The van der Waals surface area contributed by atoms with Crippen molar-refractivity contribution in [3.05, 3.63) is 47.8 Å². The lowest BCUT2D eigenvalue weighted by atomic mass is 9.96. The van der Waals surface area contributed by atoms with Gasteiger partial charge in [0.25, 0.3) is 0 Å². The summed E-state index contributed by atoms with van der Waals surface area (Å²) in [4.78, 5) is 14.7. The van der Waals surface area contributed by atoms with E-state index in [1.807, 2.05) is 30.3 Å². The Morgan fingerprint density at radius 1 is 1.12 bits per heavy atom. The average molecular weight is 318 g/mol. The molecule has 0 bridgehead atoms. The third-order valence-electron chi connectivity index (χ3n) is 4.64. The van der Waals surface area contributed by atoms with Crippen LogP contribution in [0.3, 0.4) is 0 Å². The second-order valence-corrected chi connectivity index (χ2v) is 6.11. The molecule has 24 heavy (non-hydrogen) atoms. The summed E-state index contributed by atoms with van der Waals surface area (Å²) in [5.74, 6) is 2.65. The number of nitrogens with zero attached hydrogens (tertiary/aromatic N) is 4. The zero-order valence-corrected chi connectivity index (χ0v) is 13.2. The van der Waals surface area contributed by atoms with Crippen molar-refractivity contribution >= 4 is 22.7 Å². The van der Waals surface area contributed by atoms with E-state index in [0.29, 0.717) is 17.3 Å². The molecule has 3 heterocycles. The highest BCUT2D eigenvalue weighted by Crippen LogP contribution is 2.30. The zero-order valence-electron chi connectivity index (χ0n) is 13.2. The third-order valence-corrected chi connectivity index (χ3v) is 4.64. The molecule has 4 rings (SSSR count). The Morgan fingerprint density at radius 3 is 2.62 bits per heavy atom. The van der Waals surface area contributed by atoms with Crippen molar-refractivity contribution in [2.24, 2.45) is 0 Å². The van der Waals surface area contributed by atoms with Crippen molar-refractivity contribution in [1.82, 2.24) is 15.0 Å². The van der Waals surface area contributed by atoms with Crippen LogP contribution in [0.25, 0.3) is 11.0 Å². The standard InChI is InChI=1S/C18H18N6/c19-11-13-5-6-16(23-17(13)20)24-9-7-12(8-10-24)18-21-14-3-1-2-4-15(14)22-18/h1-6,12H,7-10H2,(H2,20,23)(H,21,22). The summed E-state index contributed by atoms with van der Waals surface area (Å²) in [6.45, 7) is 1.81.